The molecule has 0 radical (unpaired) electrons. The highest BCUT2D eigenvalue weighted by Crippen LogP contribution is 1.96. The fourth-order valence-corrected chi connectivity index (χ4v) is 1.50. The van der Waals surface area contributed by atoms with Crippen LogP contribution in [0.25, 0.3) is 0 Å². The summed E-state index contributed by atoms with van der Waals surface area (Å²) in [5.41, 5.74) is 10.3. The summed E-state index contributed by atoms with van der Waals surface area (Å²) in [6.07, 6.45) is -1.32. The molecule has 0 heterocycles. The van der Waals surface area contributed by atoms with E-state index in [0.717, 1.165) is 0 Å². The molecule has 4 amide bonds. The second-order valence-corrected chi connectivity index (χ2v) is 4.82. The maximum atomic E-state index is 11.9. The molecule has 0 fully saturated rings. The van der Waals surface area contributed by atoms with E-state index in [-0.39, 0.29) is 0 Å². The van der Waals surface area contributed by atoms with Crippen LogP contribution >= 0.6 is 0 Å². The van der Waals surface area contributed by atoms with Crippen LogP contribution in [0.1, 0.15) is 12.8 Å². The molecule has 0 aliphatic heterocycles. The number of nitrogens with one attached hydrogen (secondary N) is 3. The molecule has 0 rings (SSSR count). The minimum absolute atomic E-state index is 0.509. The van der Waals surface area contributed by atoms with Gasteiger partial charge in [0, 0.05) is 0 Å². The maximum absolute atomic E-state index is 11.9. The zero-order chi connectivity index (χ0) is 19.6. The van der Waals surface area contributed by atoms with Crippen LogP contribution in [0.3, 0.4) is 0 Å². The molecule has 0 aromatic rings. The van der Waals surface area contributed by atoms with Crippen molar-refractivity contribution in [2.75, 3.05) is 13.1 Å². The molecule has 0 aromatic carbocycles. The molecular weight excluding hydrogens is 342 g/mol. The van der Waals surface area contributed by atoms with E-state index in [1.54, 1.807) is 0 Å². The summed E-state index contributed by atoms with van der Waals surface area (Å²) in [6, 6.07) is -2.93. The Bertz CT molecular complexity index is 564. The largest absolute Gasteiger partial charge is 0.481 e. The van der Waals surface area contributed by atoms with Gasteiger partial charge in [-0.1, -0.05) is 0 Å². The van der Waals surface area contributed by atoms with Crippen molar-refractivity contribution >= 4 is 35.6 Å². The fourth-order valence-electron chi connectivity index (χ4n) is 1.50. The van der Waals surface area contributed by atoms with E-state index in [9.17, 15) is 28.8 Å². The Morgan fingerprint density at radius 1 is 0.840 bits per heavy atom. The Kier molecular flexibility index (Phi) is 9.18. The monoisotopic (exact) mass is 361 g/mol. The van der Waals surface area contributed by atoms with Gasteiger partial charge in [-0.05, 0) is 0 Å². The van der Waals surface area contributed by atoms with Crippen LogP contribution in [0.15, 0.2) is 0 Å². The lowest BCUT2D eigenvalue weighted by molar-refractivity contribution is -0.141. The molecule has 0 saturated carbocycles. The van der Waals surface area contributed by atoms with Crippen molar-refractivity contribution in [3.63, 3.8) is 0 Å². The summed E-state index contributed by atoms with van der Waals surface area (Å²) in [6.45, 7) is -1.29. The number of hydrogen-bond acceptors (Lipinski definition) is 7. The molecule has 2 atom stereocenters. The molecule has 13 heteroatoms. The van der Waals surface area contributed by atoms with Crippen molar-refractivity contribution < 1.29 is 39.0 Å². The zero-order valence-electron chi connectivity index (χ0n) is 13.0. The van der Waals surface area contributed by atoms with Crippen molar-refractivity contribution in [1.29, 1.82) is 0 Å². The van der Waals surface area contributed by atoms with E-state index in [0.29, 0.717) is 0 Å². The van der Waals surface area contributed by atoms with E-state index in [2.05, 4.69) is 0 Å². The number of amides is 4. The summed E-state index contributed by atoms with van der Waals surface area (Å²) in [5, 5.41) is 23.2. The molecule has 13 nitrogen and oxygen atoms in total. The standard InChI is InChI=1S/C12H19N5O8/c13-5(1-7(14)18)11(24)17-6(2-9(20)21)12(25)16-3-8(19)15-4-10(22)23/h5-6H,1-4,13H2,(H2,14,18)(H,15,19)(H,16,25)(H,17,24)(H,20,21)(H,22,23). The van der Waals surface area contributed by atoms with Crippen molar-refractivity contribution in [2.45, 2.75) is 24.9 Å². The number of carboxylic acid groups (broad SMARTS) is 2. The van der Waals surface area contributed by atoms with Gasteiger partial charge in [0.1, 0.15) is 12.6 Å². The van der Waals surface area contributed by atoms with Crippen LogP contribution in [-0.4, -0.2) is 71.0 Å². The van der Waals surface area contributed by atoms with Gasteiger partial charge in [0.2, 0.25) is 23.6 Å². The molecule has 0 spiro atoms. The van der Waals surface area contributed by atoms with Crippen molar-refractivity contribution in [3.05, 3.63) is 0 Å². The lowest BCUT2D eigenvalue weighted by Crippen LogP contribution is -2.54. The Hall–Kier alpha value is -3.22. The second kappa shape index (κ2) is 10.5. The molecule has 0 saturated heterocycles. The smallest absolute Gasteiger partial charge is 0.322 e. The molecule has 0 aliphatic rings. The lowest BCUT2D eigenvalue weighted by Gasteiger charge is -2.18. The minimum atomic E-state index is -1.56. The first-order valence-corrected chi connectivity index (χ1v) is 6.85. The number of carbonyl (C=O) groups excluding carboxylic acids is 4. The molecule has 0 aliphatic carbocycles. The van der Waals surface area contributed by atoms with Gasteiger partial charge in [0.15, 0.2) is 0 Å². The highest BCUT2D eigenvalue weighted by atomic mass is 16.4. The fraction of sp³-hybridized carbons (Fsp3) is 0.500. The van der Waals surface area contributed by atoms with Gasteiger partial charge in [-0.15, -0.1) is 0 Å². The first kappa shape index (κ1) is 21.8. The van der Waals surface area contributed by atoms with Gasteiger partial charge in [0.25, 0.3) is 0 Å². The van der Waals surface area contributed by atoms with Crippen LogP contribution < -0.4 is 27.4 Å². The first-order chi connectivity index (χ1) is 11.5. The second-order valence-electron chi connectivity index (χ2n) is 4.82. The Labute approximate surface area is 141 Å². The summed E-state index contributed by atoms with van der Waals surface area (Å²) in [7, 11) is 0. The lowest BCUT2D eigenvalue weighted by atomic mass is 10.1. The van der Waals surface area contributed by atoms with E-state index in [1.807, 2.05) is 16.0 Å². The van der Waals surface area contributed by atoms with Crippen molar-refractivity contribution in [2.24, 2.45) is 11.5 Å². The molecule has 0 bridgehead atoms. The minimum Gasteiger partial charge on any atom is -0.481 e. The van der Waals surface area contributed by atoms with Gasteiger partial charge in [-0.3, -0.25) is 28.8 Å². The summed E-state index contributed by atoms with van der Waals surface area (Å²) in [5.74, 6) is -6.39. The highest BCUT2D eigenvalue weighted by Gasteiger charge is 2.26. The predicted molar refractivity (Wildman–Crippen MR) is 79.6 cm³/mol. The van der Waals surface area contributed by atoms with Crippen molar-refractivity contribution in [1.82, 2.24) is 16.0 Å². The number of primary amides is 1. The summed E-state index contributed by atoms with van der Waals surface area (Å²) < 4.78 is 0. The molecular formula is C12H19N5O8. The van der Waals surface area contributed by atoms with Crippen LogP contribution in [0.2, 0.25) is 0 Å². The average Bonchev–Trinajstić information content (AvgIpc) is 2.48. The van der Waals surface area contributed by atoms with E-state index < -0.39 is 73.6 Å². The first-order valence-electron chi connectivity index (χ1n) is 6.85. The maximum Gasteiger partial charge on any atom is 0.322 e. The van der Waals surface area contributed by atoms with Gasteiger partial charge >= 0.3 is 11.9 Å². The van der Waals surface area contributed by atoms with Crippen LogP contribution in [0, 0.1) is 0 Å². The Morgan fingerprint density at radius 2 is 1.44 bits per heavy atom. The Morgan fingerprint density at radius 3 is 1.92 bits per heavy atom. The van der Waals surface area contributed by atoms with E-state index in [1.165, 1.54) is 0 Å². The number of hydrogen-bond donors (Lipinski definition) is 7. The third-order valence-corrected chi connectivity index (χ3v) is 2.63. The third kappa shape index (κ3) is 10.2. The average molecular weight is 361 g/mol. The quantitative estimate of drug-likeness (QED) is 0.187. The van der Waals surface area contributed by atoms with Gasteiger partial charge in [-0.2, -0.15) is 0 Å². The molecule has 25 heavy (non-hydrogen) atoms. The normalized spacial score (nSPS) is 12.4. The number of nitrogens with two attached hydrogens (primary N) is 2. The SMILES string of the molecule is NC(=O)CC(N)C(=O)NC(CC(=O)O)C(=O)NCC(=O)NCC(=O)O. The topological polar surface area (TPSA) is 231 Å². The summed E-state index contributed by atoms with van der Waals surface area (Å²) >= 11 is 0. The van der Waals surface area contributed by atoms with Crippen LogP contribution in [-0.2, 0) is 28.8 Å². The zero-order valence-corrected chi connectivity index (χ0v) is 13.0. The molecule has 0 aromatic heterocycles. The van der Waals surface area contributed by atoms with Crippen molar-refractivity contribution in [3.8, 4) is 0 Å². The predicted octanol–water partition coefficient (Wildman–Crippen LogP) is -4.53. The molecule has 2 unspecified atom stereocenters. The van der Waals surface area contributed by atoms with E-state index >= 15 is 0 Å². The van der Waals surface area contributed by atoms with Crippen LogP contribution in [0.4, 0.5) is 0 Å². The molecule has 9 N–H and O–H groups in total. The number of carbonyl (C=O) groups is 6. The highest BCUT2D eigenvalue weighted by molar-refractivity contribution is 5.95. The van der Waals surface area contributed by atoms with E-state index in [4.69, 9.17) is 21.7 Å². The Balaban J connectivity index is 4.68. The number of rotatable bonds is 11. The van der Waals surface area contributed by atoms with Gasteiger partial charge < -0.3 is 37.6 Å². The third-order valence-electron chi connectivity index (χ3n) is 2.63. The number of aliphatic carboxylic acids is 2. The van der Waals surface area contributed by atoms with Gasteiger partial charge in [0.05, 0.1) is 25.4 Å². The van der Waals surface area contributed by atoms with Gasteiger partial charge in [-0.25, -0.2) is 0 Å². The van der Waals surface area contributed by atoms with Crippen LogP contribution in [0.5, 0.6) is 0 Å². The number of carboxylic acids is 2. The molecule has 140 valence electrons. The summed E-state index contributed by atoms with van der Waals surface area (Å²) in [4.78, 5) is 66.6.